The molecule has 0 spiro atoms. The molecule has 0 saturated heterocycles. The highest BCUT2D eigenvalue weighted by Crippen LogP contribution is 2.15. The quantitative estimate of drug-likeness (QED) is 0.313. The second-order valence-electron chi connectivity index (χ2n) is 5.93. The van der Waals surface area contributed by atoms with Crippen LogP contribution >= 0.6 is 35.6 Å². The maximum absolute atomic E-state index is 11.7. The van der Waals surface area contributed by atoms with Crippen molar-refractivity contribution in [2.75, 3.05) is 33.3 Å². The number of ether oxygens (including phenoxy) is 1. The van der Waals surface area contributed by atoms with E-state index in [2.05, 4.69) is 15.6 Å². The van der Waals surface area contributed by atoms with Crippen LogP contribution in [0.1, 0.15) is 27.2 Å². The van der Waals surface area contributed by atoms with Crippen LogP contribution in [0.15, 0.2) is 29.3 Å². The number of nitrogens with zero attached hydrogens (tertiary/aromatic N) is 2. The molecule has 1 rings (SSSR count). The van der Waals surface area contributed by atoms with Gasteiger partial charge in [0.1, 0.15) is 12.4 Å². The summed E-state index contributed by atoms with van der Waals surface area (Å²) in [7, 11) is 1.95. The Morgan fingerprint density at radius 3 is 2.54 bits per heavy atom. The van der Waals surface area contributed by atoms with Gasteiger partial charge in [-0.15, -0.1) is 24.0 Å². The van der Waals surface area contributed by atoms with E-state index >= 15 is 0 Å². The number of carbonyl (C=O) groups excluding carboxylic acids is 1. The molecule has 2 N–H and O–H groups in total. The highest BCUT2D eigenvalue weighted by Gasteiger charge is 2.07. The minimum absolute atomic E-state index is 0. The van der Waals surface area contributed by atoms with E-state index in [-0.39, 0.29) is 35.9 Å². The Hall–Kier alpha value is -1.22. The molecule has 0 aliphatic heterocycles. The first-order valence-corrected chi connectivity index (χ1v) is 8.97. The molecular formula is C18H30ClIN4O2. The summed E-state index contributed by atoms with van der Waals surface area (Å²) in [6.07, 6.45) is 0.377. The van der Waals surface area contributed by atoms with Crippen LogP contribution in [0.4, 0.5) is 0 Å². The Labute approximate surface area is 178 Å². The van der Waals surface area contributed by atoms with Gasteiger partial charge >= 0.3 is 0 Å². The topological polar surface area (TPSA) is 66.0 Å². The number of hydrogen-bond acceptors (Lipinski definition) is 3. The monoisotopic (exact) mass is 496 g/mol. The fraction of sp³-hybridized carbons (Fsp3) is 0.556. The van der Waals surface area contributed by atoms with E-state index in [9.17, 15) is 4.79 Å². The van der Waals surface area contributed by atoms with E-state index in [1.165, 1.54) is 0 Å². The fourth-order valence-electron chi connectivity index (χ4n) is 2.06. The lowest BCUT2D eigenvalue weighted by molar-refractivity contribution is -0.121. The Bertz CT molecular complexity index is 553. The summed E-state index contributed by atoms with van der Waals surface area (Å²) in [4.78, 5) is 18.2. The number of hydrogen-bond donors (Lipinski definition) is 2. The molecule has 0 aliphatic carbocycles. The van der Waals surface area contributed by atoms with Crippen molar-refractivity contribution in [2.24, 2.45) is 4.99 Å². The molecule has 0 saturated carbocycles. The van der Waals surface area contributed by atoms with E-state index in [0.29, 0.717) is 31.1 Å². The molecule has 0 aliphatic rings. The maximum atomic E-state index is 11.7. The van der Waals surface area contributed by atoms with Crippen molar-refractivity contribution in [1.82, 2.24) is 15.5 Å². The van der Waals surface area contributed by atoms with E-state index in [1.54, 1.807) is 12.1 Å². The van der Waals surface area contributed by atoms with Gasteiger partial charge in [-0.05, 0) is 45.0 Å². The third-order valence-electron chi connectivity index (χ3n) is 3.26. The Morgan fingerprint density at radius 1 is 1.31 bits per heavy atom. The Morgan fingerprint density at radius 2 is 1.96 bits per heavy atom. The van der Waals surface area contributed by atoms with Gasteiger partial charge in [0.15, 0.2) is 5.96 Å². The van der Waals surface area contributed by atoms with Crippen LogP contribution in [0.5, 0.6) is 5.75 Å². The van der Waals surface area contributed by atoms with Crippen LogP contribution in [-0.4, -0.2) is 56.1 Å². The first kappa shape index (κ1) is 24.8. The molecule has 0 aromatic heterocycles. The number of halogens is 2. The van der Waals surface area contributed by atoms with Crippen molar-refractivity contribution >= 4 is 47.4 Å². The molecule has 1 aromatic carbocycles. The lowest BCUT2D eigenvalue weighted by Gasteiger charge is -2.22. The van der Waals surface area contributed by atoms with Gasteiger partial charge in [0.05, 0.1) is 13.1 Å². The average Bonchev–Trinajstić information content (AvgIpc) is 2.55. The molecule has 0 fully saturated rings. The van der Waals surface area contributed by atoms with Gasteiger partial charge in [-0.25, -0.2) is 0 Å². The van der Waals surface area contributed by atoms with Crippen molar-refractivity contribution in [3.63, 3.8) is 0 Å². The molecule has 0 heterocycles. The number of nitrogens with one attached hydrogen (secondary N) is 2. The number of likely N-dealkylation sites (N-methyl/N-ethyl adjacent to an activating group) is 1. The first-order chi connectivity index (χ1) is 11.9. The third-order valence-corrected chi connectivity index (χ3v) is 3.51. The zero-order valence-corrected chi connectivity index (χ0v) is 19.0. The van der Waals surface area contributed by atoms with E-state index in [0.717, 1.165) is 18.3 Å². The van der Waals surface area contributed by atoms with Crippen LogP contribution < -0.4 is 15.4 Å². The highest BCUT2D eigenvalue weighted by molar-refractivity contribution is 14.0. The lowest BCUT2D eigenvalue weighted by Crippen LogP contribution is -2.41. The van der Waals surface area contributed by atoms with Gasteiger partial charge in [-0.1, -0.05) is 11.6 Å². The van der Waals surface area contributed by atoms with Gasteiger partial charge < -0.3 is 20.3 Å². The predicted octanol–water partition coefficient (Wildman–Crippen LogP) is 3.15. The number of amides is 1. The molecule has 6 nitrogen and oxygen atoms in total. The highest BCUT2D eigenvalue weighted by atomic mass is 127. The van der Waals surface area contributed by atoms with Crippen molar-refractivity contribution in [2.45, 2.75) is 33.2 Å². The average molecular weight is 497 g/mol. The molecule has 0 unspecified atom stereocenters. The normalized spacial score (nSPS) is 10.9. The summed E-state index contributed by atoms with van der Waals surface area (Å²) >= 11 is 5.85. The zero-order chi connectivity index (χ0) is 18.7. The smallest absolute Gasteiger partial charge is 0.222 e. The third kappa shape index (κ3) is 10.7. The van der Waals surface area contributed by atoms with Gasteiger partial charge in [-0.2, -0.15) is 0 Å². The van der Waals surface area contributed by atoms with Gasteiger partial charge in [-0.3, -0.25) is 9.79 Å². The van der Waals surface area contributed by atoms with E-state index in [4.69, 9.17) is 16.3 Å². The van der Waals surface area contributed by atoms with Crippen molar-refractivity contribution in [3.05, 3.63) is 29.3 Å². The van der Waals surface area contributed by atoms with Crippen LogP contribution in [0.25, 0.3) is 0 Å². The number of carbonyl (C=O) groups is 1. The summed E-state index contributed by atoms with van der Waals surface area (Å²) in [5, 5.41) is 6.77. The number of aliphatic imine (C=N–C) groups is 1. The van der Waals surface area contributed by atoms with Crippen molar-refractivity contribution in [1.29, 1.82) is 0 Å². The first-order valence-electron chi connectivity index (χ1n) is 8.59. The summed E-state index contributed by atoms with van der Waals surface area (Å²) < 4.78 is 5.70. The molecule has 0 atom stereocenters. The van der Waals surface area contributed by atoms with E-state index < -0.39 is 0 Å². The van der Waals surface area contributed by atoms with Crippen molar-refractivity contribution < 1.29 is 9.53 Å². The Kier molecular flexibility index (Phi) is 13.3. The van der Waals surface area contributed by atoms with Gasteiger partial charge in [0.2, 0.25) is 5.91 Å². The minimum Gasteiger partial charge on any atom is -0.492 e. The predicted molar refractivity (Wildman–Crippen MR) is 119 cm³/mol. The number of rotatable bonds is 9. The molecular weight excluding hydrogens is 467 g/mol. The summed E-state index contributed by atoms with van der Waals surface area (Å²) in [5.41, 5.74) is 0. The van der Waals surface area contributed by atoms with Crippen LogP contribution in [0.2, 0.25) is 5.02 Å². The summed E-state index contributed by atoms with van der Waals surface area (Å²) in [5.74, 6) is 1.56. The van der Waals surface area contributed by atoms with Crippen LogP contribution in [0.3, 0.4) is 0 Å². The standard InChI is InChI=1S/C18H29ClN4O2.HI/c1-5-20-18(21-11-10-17(24)22-14(2)3)23(4)12-13-25-16-8-6-15(19)7-9-16;/h6-9,14H,5,10-13H2,1-4H3,(H,20,21)(H,22,24);1H. The molecule has 8 heteroatoms. The Balaban J connectivity index is 0.00000625. The zero-order valence-electron chi connectivity index (χ0n) is 15.9. The molecule has 1 amide bonds. The van der Waals surface area contributed by atoms with Crippen molar-refractivity contribution in [3.8, 4) is 5.75 Å². The molecule has 0 radical (unpaired) electrons. The SMILES string of the molecule is CCNC(=NCCC(=O)NC(C)C)N(C)CCOc1ccc(Cl)cc1.I. The molecule has 26 heavy (non-hydrogen) atoms. The number of guanidine groups is 1. The minimum atomic E-state index is 0. The molecule has 148 valence electrons. The largest absolute Gasteiger partial charge is 0.492 e. The van der Waals surface area contributed by atoms with Crippen LogP contribution in [-0.2, 0) is 4.79 Å². The summed E-state index contributed by atoms with van der Waals surface area (Å²) in [6.45, 7) is 8.31. The lowest BCUT2D eigenvalue weighted by atomic mass is 10.3. The summed E-state index contributed by atoms with van der Waals surface area (Å²) in [6, 6.07) is 7.43. The van der Waals surface area contributed by atoms with Gasteiger partial charge in [0.25, 0.3) is 0 Å². The maximum Gasteiger partial charge on any atom is 0.222 e. The molecule has 0 bridgehead atoms. The second-order valence-corrected chi connectivity index (χ2v) is 6.37. The second kappa shape index (κ2) is 13.9. The van der Waals surface area contributed by atoms with Gasteiger partial charge in [0, 0.05) is 31.1 Å². The van der Waals surface area contributed by atoms with Crippen LogP contribution in [0, 0.1) is 0 Å². The van der Waals surface area contributed by atoms with E-state index in [1.807, 2.05) is 44.9 Å². The fourth-order valence-corrected chi connectivity index (χ4v) is 2.19. The molecule has 1 aromatic rings. The number of benzene rings is 1.